The van der Waals surface area contributed by atoms with E-state index in [1.165, 1.54) is 19.3 Å². The summed E-state index contributed by atoms with van der Waals surface area (Å²) in [5, 5.41) is 9.82. The number of hydrogen-bond acceptors (Lipinski definition) is 3. The summed E-state index contributed by atoms with van der Waals surface area (Å²) < 4.78 is 5.98. The molecule has 0 heterocycles. The Labute approximate surface area is 92.0 Å². The van der Waals surface area contributed by atoms with Gasteiger partial charge in [0.05, 0.1) is 18.3 Å². The largest absolute Gasteiger partial charge is 0.390 e. The SMILES string of the molecule is NC1CCCCC1OC1CCCCC1O. The molecule has 3 heteroatoms. The van der Waals surface area contributed by atoms with Crippen molar-refractivity contribution in [3.05, 3.63) is 0 Å². The second-order valence-corrected chi connectivity index (χ2v) is 5.01. The zero-order chi connectivity index (χ0) is 10.7. The lowest BCUT2D eigenvalue weighted by molar-refractivity contribution is -0.108. The highest BCUT2D eigenvalue weighted by Crippen LogP contribution is 2.27. The van der Waals surface area contributed by atoms with E-state index in [0.29, 0.717) is 0 Å². The first-order chi connectivity index (χ1) is 7.27. The van der Waals surface area contributed by atoms with E-state index in [1.807, 2.05) is 0 Å². The minimum atomic E-state index is -0.257. The molecule has 3 nitrogen and oxygen atoms in total. The summed E-state index contributed by atoms with van der Waals surface area (Å²) in [5.74, 6) is 0. The lowest BCUT2D eigenvalue weighted by Gasteiger charge is -2.35. The molecule has 4 atom stereocenters. The van der Waals surface area contributed by atoms with Crippen molar-refractivity contribution in [3.63, 3.8) is 0 Å². The van der Waals surface area contributed by atoms with Crippen molar-refractivity contribution in [3.8, 4) is 0 Å². The van der Waals surface area contributed by atoms with E-state index in [-0.39, 0.29) is 24.4 Å². The molecule has 0 bridgehead atoms. The maximum absolute atomic E-state index is 9.82. The fraction of sp³-hybridized carbons (Fsp3) is 1.00. The number of ether oxygens (including phenoxy) is 1. The van der Waals surface area contributed by atoms with Gasteiger partial charge in [-0.05, 0) is 25.7 Å². The van der Waals surface area contributed by atoms with Crippen molar-refractivity contribution < 1.29 is 9.84 Å². The van der Waals surface area contributed by atoms with Crippen LogP contribution in [0.2, 0.25) is 0 Å². The van der Waals surface area contributed by atoms with Crippen LogP contribution in [-0.2, 0) is 4.74 Å². The Balaban J connectivity index is 1.83. The predicted molar refractivity (Wildman–Crippen MR) is 59.6 cm³/mol. The van der Waals surface area contributed by atoms with Gasteiger partial charge in [-0.3, -0.25) is 0 Å². The summed E-state index contributed by atoms with van der Waals surface area (Å²) in [6.07, 6.45) is 8.81. The van der Waals surface area contributed by atoms with Crippen LogP contribution in [0.1, 0.15) is 51.4 Å². The number of aliphatic hydroxyl groups excluding tert-OH is 1. The molecule has 0 spiro atoms. The third-order valence-corrected chi connectivity index (χ3v) is 3.77. The van der Waals surface area contributed by atoms with E-state index < -0.39 is 0 Å². The molecule has 88 valence electrons. The van der Waals surface area contributed by atoms with E-state index in [4.69, 9.17) is 10.5 Å². The molecule has 2 aliphatic carbocycles. The van der Waals surface area contributed by atoms with Crippen LogP contribution in [0.5, 0.6) is 0 Å². The number of aliphatic hydroxyl groups is 1. The molecule has 0 aromatic carbocycles. The van der Waals surface area contributed by atoms with E-state index in [1.54, 1.807) is 0 Å². The first kappa shape index (κ1) is 11.4. The van der Waals surface area contributed by atoms with E-state index in [2.05, 4.69) is 0 Å². The van der Waals surface area contributed by atoms with Gasteiger partial charge in [-0.2, -0.15) is 0 Å². The Hall–Kier alpha value is -0.120. The van der Waals surface area contributed by atoms with E-state index >= 15 is 0 Å². The van der Waals surface area contributed by atoms with Crippen molar-refractivity contribution in [2.75, 3.05) is 0 Å². The van der Waals surface area contributed by atoms with Crippen molar-refractivity contribution in [1.29, 1.82) is 0 Å². The smallest absolute Gasteiger partial charge is 0.0838 e. The normalized spacial score (nSPS) is 42.8. The van der Waals surface area contributed by atoms with Crippen molar-refractivity contribution in [2.45, 2.75) is 75.7 Å². The first-order valence-corrected chi connectivity index (χ1v) is 6.36. The molecule has 2 saturated carbocycles. The van der Waals surface area contributed by atoms with Crippen LogP contribution >= 0.6 is 0 Å². The molecule has 0 radical (unpaired) electrons. The molecule has 0 aliphatic heterocycles. The summed E-state index contributed by atoms with van der Waals surface area (Å²) in [6.45, 7) is 0. The highest BCUT2D eigenvalue weighted by atomic mass is 16.5. The summed E-state index contributed by atoms with van der Waals surface area (Å²) in [6, 6.07) is 0.188. The average Bonchev–Trinajstić information content (AvgIpc) is 2.24. The van der Waals surface area contributed by atoms with E-state index in [0.717, 1.165) is 32.1 Å². The predicted octanol–water partition coefficient (Wildman–Crippen LogP) is 1.58. The molecule has 2 fully saturated rings. The van der Waals surface area contributed by atoms with Gasteiger partial charge in [-0.1, -0.05) is 25.7 Å². The molecule has 2 rings (SSSR count). The fourth-order valence-corrected chi connectivity index (χ4v) is 2.76. The molecule has 0 aromatic heterocycles. The quantitative estimate of drug-likeness (QED) is 0.732. The molecule has 0 amide bonds. The van der Waals surface area contributed by atoms with Crippen LogP contribution in [0.3, 0.4) is 0 Å². The van der Waals surface area contributed by atoms with Gasteiger partial charge >= 0.3 is 0 Å². The Morgan fingerprint density at radius 1 is 0.867 bits per heavy atom. The molecule has 0 saturated heterocycles. The standard InChI is InChI=1S/C12H23NO2/c13-9-5-1-3-7-11(9)15-12-8-4-2-6-10(12)14/h9-12,14H,1-8,13H2. The lowest BCUT2D eigenvalue weighted by Crippen LogP contribution is -2.44. The second kappa shape index (κ2) is 5.28. The Kier molecular flexibility index (Phi) is 4.00. The van der Waals surface area contributed by atoms with Gasteiger partial charge in [0.15, 0.2) is 0 Å². The third kappa shape index (κ3) is 2.92. The summed E-state index contributed by atoms with van der Waals surface area (Å²) in [4.78, 5) is 0. The monoisotopic (exact) mass is 213 g/mol. The van der Waals surface area contributed by atoms with Gasteiger partial charge in [0, 0.05) is 6.04 Å². The number of hydrogen-bond donors (Lipinski definition) is 2. The Morgan fingerprint density at radius 2 is 1.47 bits per heavy atom. The van der Waals surface area contributed by atoms with Gasteiger partial charge in [-0.25, -0.2) is 0 Å². The first-order valence-electron chi connectivity index (χ1n) is 6.36. The number of nitrogens with two attached hydrogens (primary N) is 1. The van der Waals surface area contributed by atoms with Crippen LogP contribution < -0.4 is 5.73 Å². The maximum Gasteiger partial charge on any atom is 0.0838 e. The van der Waals surface area contributed by atoms with Crippen molar-refractivity contribution in [2.24, 2.45) is 5.73 Å². The maximum atomic E-state index is 9.82. The molecular weight excluding hydrogens is 190 g/mol. The summed E-state index contributed by atoms with van der Waals surface area (Å²) in [7, 11) is 0. The molecule has 2 aliphatic rings. The summed E-state index contributed by atoms with van der Waals surface area (Å²) >= 11 is 0. The zero-order valence-electron chi connectivity index (χ0n) is 9.40. The minimum Gasteiger partial charge on any atom is -0.390 e. The van der Waals surface area contributed by atoms with Gasteiger partial charge in [0.2, 0.25) is 0 Å². The van der Waals surface area contributed by atoms with Gasteiger partial charge in [0.25, 0.3) is 0 Å². The summed E-state index contributed by atoms with van der Waals surface area (Å²) in [5.41, 5.74) is 6.03. The average molecular weight is 213 g/mol. The van der Waals surface area contributed by atoms with Gasteiger partial charge in [0.1, 0.15) is 0 Å². The lowest BCUT2D eigenvalue weighted by atomic mass is 9.91. The third-order valence-electron chi connectivity index (χ3n) is 3.77. The second-order valence-electron chi connectivity index (χ2n) is 5.01. The molecule has 3 N–H and O–H groups in total. The van der Waals surface area contributed by atoms with Crippen LogP contribution in [0.15, 0.2) is 0 Å². The molecule has 4 unspecified atom stereocenters. The number of rotatable bonds is 2. The van der Waals surface area contributed by atoms with Crippen molar-refractivity contribution >= 4 is 0 Å². The van der Waals surface area contributed by atoms with Crippen molar-refractivity contribution in [1.82, 2.24) is 0 Å². The Morgan fingerprint density at radius 3 is 2.13 bits per heavy atom. The highest BCUT2D eigenvalue weighted by molar-refractivity contribution is 4.83. The topological polar surface area (TPSA) is 55.5 Å². The molecule has 15 heavy (non-hydrogen) atoms. The van der Waals surface area contributed by atoms with Crippen LogP contribution in [0.4, 0.5) is 0 Å². The van der Waals surface area contributed by atoms with E-state index in [9.17, 15) is 5.11 Å². The van der Waals surface area contributed by atoms with Crippen LogP contribution in [0.25, 0.3) is 0 Å². The van der Waals surface area contributed by atoms with Gasteiger partial charge in [-0.15, -0.1) is 0 Å². The van der Waals surface area contributed by atoms with Crippen LogP contribution in [0, 0.1) is 0 Å². The van der Waals surface area contributed by atoms with Gasteiger partial charge < -0.3 is 15.6 Å². The Bertz CT molecular complexity index is 178. The highest BCUT2D eigenvalue weighted by Gasteiger charge is 2.30. The van der Waals surface area contributed by atoms with Crippen LogP contribution in [-0.4, -0.2) is 29.5 Å². The minimum absolute atomic E-state index is 0.0490. The molecular formula is C12H23NO2. The zero-order valence-corrected chi connectivity index (χ0v) is 9.40. The fourth-order valence-electron chi connectivity index (χ4n) is 2.76. The molecule has 0 aromatic rings.